The van der Waals surface area contributed by atoms with Crippen LogP contribution in [0, 0.1) is 0 Å². The molecule has 0 spiro atoms. The highest BCUT2D eigenvalue weighted by Crippen LogP contribution is 2.67. The Morgan fingerprint density at radius 1 is 0.429 bits per heavy atom. The smallest absolute Gasteiger partial charge is 0.164 e. The molecule has 0 bridgehead atoms. The van der Waals surface area contributed by atoms with E-state index >= 15 is 0 Å². The lowest BCUT2D eigenvalue weighted by molar-refractivity contribution is 1.07. The molecular weight excluding hydrogens is 533 g/mol. The van der Waals surface area contributed by atoms with Crippen molar-refractivity contribution in [3.05, 3.63) is 133 Å². The van der Waals surface area contributed by atoms with Crippen LogP contribution in [-0.2, 0) is 0 Å². The van der Waals surface area contributed by atoms with Gasteiger partial charge in [-0.15, -0.1) is 0 Å². The van der Waals surface area contributed by atoms with Crippen molar-refractivity contribution in [2.75, 3.05) is 17.4 Å². The van der Waals surface area contributed by atoms with Crippen LogP contribution in [-0.4, -0.2) is 27.5 Å². The van der Waals surface area contributed by atoms with E-state index < -0.39 is 10.0 Å². The summed E-state index contributed by atoms with van der Waals surface area (Å²) in [5.74, 6) is 1.99. The van der Waals surface area contributed by atoms with Crippen LogP contribution in [0.5, 0.6) is 0 Å². The number of fused-ring (bicyclic) bond motifs is 2. The molecule has 2 heterocycles. The van der Waals surface area contributed by atoms with Gasteiger partial charge in [-0.2, -0.15) is 10.0 Å². The van der Waals surface area contributed by atoms with E-state index in [1.54, 1.807) is 0 Å². The second-order valence-corrected chi connectivity index (χ2v) is 13.7. The van der Waals surface area contributed by atoms with E-state index in [1.165, 1.54) is 21.2 Å². The molecule has 0 radical (unpaired) electrons. The molecule has 0 amide bonds. The second kappa shape index (κ2) is 11.6. The fourth-order valence-electron chi connectivity index (χ4n) is 5.37. The first-order valence-electron chi connectivity index (χ1n) is 14.3. The zero-order chi connectivity index (χ0) is 29.1. The Kier molecular flexibility index (Phi) is 7.60. The van der Waals surface area contributed by atoms with E-state index in [4.69, 9.17) is 15.0 Å². The minimum Gasteiger partial charge on any atom is -0.308 e. The average molecular weight is 567 g/mol. The summed E-state index contributed by atoms with van der Waals surface area (Å²) in [7, 11) is -1.12. The molecule has 0 N–H and O–H groups in total. The Balaban J connectivity index is 0.00000155. The molecule has 0 saturated heterocycles. The first kappa shape index (κ1) is 27.4. The Bertz CT molecular complexity index is 1710. The van der Waals surface area contributed by atoms with Gasteiger partial charge in [-0.1, -0.05) is 98.8 Å². The maximum absolute atomic E-state index is 4.90. The molecular formula is C37H34N4S. The summed E-state index contributed by atoms with van der Waals surface area (Å²) >= 11 is 0. The normalized spacial score (nSPS) is 13.7. The van der Waals surface area contributed by atoms with Crippen LogP contribution in [0.15, 0.2) is 143 Å². The van der Waals surface area contributed by atoms with Crippen molar-refractivity contribution in [1.82, 2.24) is 15.0 Å². The lowest BCUT2D eigenvalue weighted by atomic mass is 10.1. The summed E-state index contributed by atoms with van der Waals surface area (Å²) < 4.78 is 0. The van der Waals surface area contributed by atoms with Gasteiger partial charge >= 0.3 is 0 Å². The average Bonchev–Trinajstić information content (AvgIpc) is 3.07. The number of benzene rings is 5. The maximum atomic E-state index is 4.90. The number of para-hydroxylation sites is 2. The third kappa shape index (κ3) is 4.97. The molecule has 7 rings (SSSR count). The molecule has 0 fully saturated rings. The molecule has 42 heavy (non-hydrogen) atoms. The minimum atomic E-state index is -1.12. The van der Waals surface area contributed by atoms with Gasteiger partial charge in [0.25, 0.3) is 0 Å². The maximum Gasteiger partial charge on any atom is 0.164 e. The van der Waals surface area contributed by atoms with E-state index in [0.717, 1.165) is 22.4 Å². The molecule has 5 heteroatoms. The molecule has 0 saturated carbocycles. The molecule has 1 aromatic heterocycles. The van der Waals surface area contributed by atoms with Crippen LogP contribution >= 0.6 is 10.0 Å². The number of hydrogen-bond acceptors (Lipinski definition) is 4. The molecule has 208 valence electrons. The number of aromatic nitrogens is 3. The van der Waals surface area contributed by atoms with Gasteiger partial charge in [-0.3, -0.25) is 0 Å². The Morgan fingerprint density at radius 3 is 1.21 bits per heavy atom. The Labute approximate surface area is 250 Å². The first-order valence-corrected chi connectivity index (χ1v) is 16.7. The van der Waals surface area contributed by atoms with Crippen LogP contribution in [0.1, 0.15) is 13.8 Å². The summed E-state index contributed by atoms with van der Waals surface area (Å²) in [6.07, 6.45) is 4.78. The van der Waals surface area contributed by atoms with Gasteiger partial charge < -0.3 is 4.90 Å². The highest BCUT2D eigenvalue weighted by Gasteiger charge is 2.33. The van der Waals surface area contributed by atoms with Crippen molar-refractivity contribution < 1.29 is 0 Å². The van der Waals surface area contributed by atoms with Crippen molar-refractivity contribution in [2.45, 2.75) is 23.6 Å². The second-order valence-electron chi connectivity index (χ2n) is 10.2. The zero-order valence-corrected chi connectivity index (χ0v) is 25.2. The standard InChI is InChI=1S/C35H28N4S.C2H6/c1-40(2)31-19-11-9-17-29(31)39(30-18-10-12-20-32(30)40)28-23-21-27(22-24-28)35-37-33(25-13-5-3-6-14-25)36-34(38-35)26-15-7-4-8-16-26;1-2/h3-24H,1-2H3;1-2H3. The molecule has 5 aromatic carbocycles. The number of anilines is 3. The number of nitrogens with zero attached hydrogens (tertiary/aromatic N) is 4. The summed E-state index contributed by atoms with van der Waals surface area (Å²) in [4.78, 5) is 19.8. The predicted molar refractivity (Wildman–Crippen MR) is 178 cm³/mol. The SMILES string of the molecule is CC.CS1(C)c2ccccc2N(c2ccc(-c3nc(-c4ccccc4)nc(-c4ccccc4)n3)cc2)c2ccccc21. The molecule has 0 unspecified atom stereocenters. The quantitative estimate of drug-likeness (QED) is 0.213. The first-order chi connectivity index (χ1) is 20.6. The van der Waals surface area contributed by atoms with Crippen LogP contribution in [0.2, 0.25) is 0 Å². The molecule has 1 aliphatic rings. The predicted octanol–water partition coefficient (Wildman–Crippen LogP) is 10.2. The summed E-state index contributed by atoms with van der Waals surface area (Å²) in [5.41, 5.74) is 6.47. The molecule has 0 atom stereocenters. The summed E-state index contributed by atoms with van der Waals surface area (Å²) in [6, 6.07) is 46.3. The fourth-order valence-corrected chi connectivity index (χ4v) is 7.81. The van der Waals surface area contributed by atoms with Crippen LogP contribution < -0.4 is 4.90 Å². The molecule has 1 aliphatic heterocycles. The van der Waals surface area contributed by atoms with Gasteiger partial charge in [-0.05, 0) is 61.0 Å². The van der Waals surface area contributed by atoms with Gasteiger partial charge in [0.15, 0.2) is 17.5 Å². The largest absolute Gasteiger partial charge is 0.308 e. The summed E-state index contributed by atoms with van der Waals surface area (Å²) in [5, 5.41) is 0. The van der Waals surface area contributed by atoms with Crippen molar-refractivity contribution in [3.63, 3.8) is 0 Å². The monoisotopic (exact) mass is 566 g/mol. The fraction of sp³-hybridized carbons (Fsp3) is 0.108. The van der Waals surface area contributed by atoms with Gasteiger partial charge in [0.1, 0.15) is 0 Å². The summed E-state index contributed by atoms with van der Waals surface area (Å²) in [6.45, 7) is 4.00. The zero-order valence-electron chi connectivity index (χ0n) is 24.4. The van der Waals surface area contributed by atoms with Crippen LogP contribution in [0.25, 0.3) is 34.2 Å². The van der Waals surface area contributed by atoms with E-state index in [2.05, 4.69) is 90.2 Å². The topological polar surface area (TPSA) is 41.9 Å². The van der Waals surface area contributed by atoms with Crippen molar-refractivity contribution in [3.8, 4) is 34.2 Å². The Morgan fingerprint density at radius 2 is 0.786 bits per heavy atom. The lowest BCUT2D eigenvalue weighted by Gasteiger charge is -2.45. The molecule has 6 aromatic rings. The van der Waals surface area contributed by atoms with Gasteiger partial charge in [0.2, 0.25) is 0 Å². The molecule has 0 aliphatic carbocycles. The lowest BCUT2D eigenvalue weighted by Crippen LogP contribution is -2.19. The highest BCUT2D eigenvalue weighted by molar-refractivity contribution is 8.33. The van der Waals surface area contributed by atoms with Crippen LogP contribution in [0.3, 0.4) is 0 Å². The van der Waals surface area contributed by atoms with E-state index in [-0.39, 0.29) is 0 Å². The third-order valence-electron chi connectivity index (χ3n) is 7.39. The Hall–Kier alpha value is -4.74. The van der Waals surface area contributed by atoms with Crippen molar-refractivity contribution >= 4 is 27.1 Å². The van der Waals surface area contributed by atoms with Crippen molar-refractivity contribution in [2.24, 2.45) is 0 Å². The van der Waals surface area contributed by atoms with Crippen LogP contribution in [0.4, 0.5) is 17.1 Å². The van der Waals surface area contributed by atoms with E-state index in [0.29, 0.717) is 17.5 Å². The molecule has 4 nitrogen and oxygen atoms in total. The number of hydrogen-bond donors (Lipinski definition) is 0. The van der Waals surface area contributed by atoms with Crippen molar-refractivity contribution in [1.29, 1.82) is 0 Å². The third-order valence-corrected chi connectivity index (χ3v) is 10.3. The number of rotatable bonds is 4. The van der Waals surface area contributed by atoms with Gasteiger partial charge in [0.05, 0.1) is 11.4 Å². The van der Waals surface area contributed by atoms with Gasteiger partial charge in [-0.25, -0.2) is 15.0 Å². The minimum absolute atomic E-state index is 0.657. The highest BCUT2D eigenvalue weighted by atomic mass is 32.3. The van der Waals surface area contributed by atoms with E-state index in [9.17, 15) is 0 Å². The van der Waals surface area contributed by atoms with E-state index in [1.807, 2.05) is 74.5 Å². The van der Waals surface area contributed by atoms with Gasteiger partial charge in [0, 0.05) is 32.2 Å².